The quantitative estimate of drug-likeness (QED) is 0.646. The molecule has 0 bridgehead atoms. The molecule has 0 aromatic heterocycles. The average molecular weight is 322 g/mol. The van der Waals surface area contributed by atoms with Gasteiger partial charge >= 0.3 is 12.4 Å². The lowest BCUT2D eigenvalue weighted by molar-refractivity contribution is -0.253. The summed E-state index contributed by atoms with van der Waals surface area (Å²) in [6.45, 7) is 0. The van der Waals surface area contributed by atoms with Gasteiger partial charge in [-0.15, -0.1) is 0 Å². The topological polar surface area (TPSA) is 86.2 Å². The molecule has 0 unspecified atom stereocenters. The molecule has 0 atom stereocenters. The number of benzene rings is 1. The first kappa shape index (κ1) is 16.6. The molecule has 0 spiro atoms. The van der Waals surface area contributed by atoms with E-state index in [1.54, 1.807) is 0 Å². The van der Waals surface area contributed by atoms with Gasteiger partial charge in [-0.1, -0.05) is 6.07 Å². The van der Waals surface area contributed by atoms with Crippen molar-refractivity contribution in [2.24, 2.45) is 5.14 Å². The predicted molar refractivity (Wildman–Crippen MR) is 57.1 cm³/mol. The highest BCUT2D eigenvalue weighted by Crippen LogP contribution is 2.46. The second-order valence-corrected chi connectivity index (χ2v) is 5.39. The molecule has 0 aliphatic carbocycles. The van der Waals surface area contributed by atoms with Crippen LogP contribution in [0.4, 0.5) is 32.0 Å². The van der Waals surface area contributed by atoms with Crippen molar-refractivity contribution in [3.05, 3.63) is 23.8 Å². The normalized spacial score (nSPS) is 13.8. The summed E-state index contributed by atoms with van der Waals surface area (Å²) in [5.41, 5.74) is 3.33. The van der Waals surface area contributed by atoms with Gasteiger partial charge in [0, 0.05) is 0 Å². The van der Waals surface area contributed by atoms with Crippen LogP contribution in [0.1, 0.15) is 11.5 Å². The van der Waals surface area contributed by atoms with Crippen molar-refractivity contribution < 1.29 is 34.8 Å². The second-order valence-electron chi connectivity index (χ2n) is 3.86. The summed E-state index contributed by atoms with van der Waals surface area (Å²) in [6.07, 6.45) is -11.3. The molecule has 0 aliphatic heterocycles. The van der Waals surface area contributed by atoms with Gasteiger partial charge in [0.15, 0.2) is 5.92 Å². The summed E-state index contributed by atoms with van der Waals surface area (Å²) in [7, 11) is -4.54. The molecule has 1 rings (SSSR count). The summed E-state index contributed by atoms with van der Waals surface area (Å²) >= 11 is 0. The predicted octanol–water partition coefficient (Wildman–Crippen LogP) is 2.12. The first-order valence-corrected chi connectivity index (χ1v) is 6.35. The Morgan fingerprint density at radius 1 is 1.00 bits per heavy atom. The van der Waals surface area contributed by atoms with E-state index in [0.29, 0.717) is 12.1 Å². The van der Waals surface area contributed by atoms with Gasteiger partial charge in [-0.3, -0.25) is 0 Å². The summed E-state index contributed by atoms with van der Waals surface area (Å²) in [6, 6.07) is 1.26. The Kier molecular flexibility index (Phi) is 3.98. The van der Waals surface area contributed by atoms with Crippen LogP contribution in [0.5, 0.6) is 0 Å². The summed E-state index contributed by atoms with van der Waals surface area (Å²) in [5, 5.41) is 4.67. The molecule has 0 saturated heterocycles. The molecular formula is C9H8F6N2O2S. The number of nitrogen functional groups attached to an aromatic ring is 1. The zero-order valence-electron chi connectivity index (χ0n) is 9.46. The number of nitrogens with two attached hydrogens (primary N) is 2. The van der Waals surface area contributed by atoms with E-state index in [9.17, 15) is 34.8 Å². The summed E-state index contributed by atoms with van der Waals surface area (Å²) < 4.78 is 97.1. The Morgan fingerprint density at radius 3 is 1.80 bits per heavy atom. The van der Waals surface area contributed by atoms with Crippen LogP contribution in [0, 0.1) is 0 Å². The Balaban J connectivity index is 3.53. The molecule has 0 radical (unpaired) electrons. The van der Waals surface area contributed by atoms with Gasteiger partial charge in [-0.05, 0) is 17.7 Å². The lowest BCUT2D eigenvalue weighted by Crippen LogP contribution is -2.34. The molecule has 0 fully saturated rings. The fourth-order valence-corrected chi connectivity index (χ4v) is 2.24. The third kappa shape index (κ3) is 3.54. The summed E-state index contributed by atoms with van der Waals surface area (Å²) in [4.78, 5) is -0.992. The Labute approximate surface area is 109 Å². The second kappa shape index (κ2) is 4.81. The van der Waals surface area contributed by atoms with Crippen molar-refractivity contribution in [1.29, 1.82) is 0 Å². The van der Waals surface area contributed by atoms with Crippen molar-refractivity contribution in [2.75, 3.05) is 5.73 Å². The van der Waals surface area contributed by atoms with Crippen molar-refractivity contribution in [1.82, 2.24) is 0 Å². The van der Waals surface area contributed by atoms with E-state index in [1.807, 2.05) is 0 Å². The number of sulfonamides is 1. The van der Waals surface area contributed by atoms with Crippen LogP contribution in [-0.2, 0) is 10.0 Å². The molecule has 0 heterocycles. The zero-order chi connectivity index (χ0) is 15.9. The molecule has 114 valence electrons. The minimum Gasteiger partial charge on any atom is -0.398 e. The highest BCUT2D eigenvalue weighted by atomic mass is 32.2. The Hall–Kier alpha value is -1.49. The number of alkyl halides is 6. The first-order chi connectivity index (χ1) is 8.74. The van der Waals surface area contributed by atoms with Gasteiger partial charge < -0.3 is 5.73 Å². The van der Waals surface area contributed by atoms with Crippen molar-refractivity contribution in [3.63, 3.8) is 0 Å². The van der Waals surface area contributed by atoms with Gasteiger partial charge in [0.25, 0.3) is 0 Å². The van der Waals surface area contributed by atoms with Gasteiger partial charge in [0.2, 0.25) is 10.0 Å². The Bertz CT molecular complexity index is 594. The Morgan fingerprint density at radius 2 is 1.45 bits per heavy atom. The number of hydrogen-bond acceptors (Lipinski definition) is 3. The maximum absolute atomic E-state index is 12.5. The van der Waals surface area contributed by atoms with Crippen molar-refractivity contribution >= 4 is 15.7 Å². The fourth-order valence-electron chi connectivity index (χ4n) is 1.54. The van der Waals surface area contributed by atoms with Crippen LogP contribution in [0.3, 0.4) is 0 Å². The minimum absolute atomic E-state index is 0.177. The molecule has 0 saturated carbocycles. The van der Waals surface area contributed by atoms with E-state index < -0.39 is 44.4 Å². The maximum Gasteiger partial charge on any atom is 0.404 e. The molecule has 0 aliphatic rings. The van der Waals surface area contributed by atoms with Gasteiger partial charge in [-0.2, -0.15) is 26.3 Å². The number of anilines is 1. The van der Waals surface area contributed by atoms with Gasteiger partial charge in [0.05, 0.1) is 5.69 Å². The van der Waals surface area contributed by atoms with E-state index in [0.717, 1.165) is 0 Å². The van der Waals surface area contributed by atoms with Crippen LogP contribution < -0.4 is 10.9 Å². The lowest BCUT2D eigenvalue weighted by Gasteiger charge is -2.23. The standard InChI is InChI=1S/C9H8F6N2O2S/c10-8(11,12)7(9(13,14)15)4-1-2-5(16)6(3-4)20(17,18)19/h1-3,7H,16H2,(H2,17,18,19). The lowest BCUT2D eigenvalue weighted by atomic mass is 9.97. The van der Waals surface area contributed by atoms with E-state index >= 15 is 0 Å². The number of primary sulfonamides is 1. The van der Waals surface area contributed by atoms with Crippen LogP contribution in [0.15, 0.2) is 23.1 Å². The summed E-state index contributed by atoms with van der Waals surface area (Å²) in [5.74, 6) is -3.82. The number of halogens is 6. The van der Waals surface area contributed by atoms with Crippen LogP contribution in [0.25, 0.3) is 0 Å². The maximum atomic E-state index is 12.5. The highest BCUT2D eigenvalue weighted by Gasteiger charge is 2.57. The molecule has 11 heteroatoms. The largest absolute Gasteiger partial charge is 0.404 e. The molecule has 4 nitrogen and oxygen atoms in total. The van der Waals surface area contributed by atoms with Gasteiger partial charge in [-0.25, -0.2) is 13.6 Å². The van der Waals surface area contributed by atoms with Crippen molar-refractivity contribution in [2.45, 2.75) is 23.2 Å². The zero-order valence-corrected chi connectivity index (χ0v) is 10.3. The molecule has 1 aromatic rings. The first-order valence-electron chi connectivity index (χ1n) is 4.80. The molecule has 20 heavy (non-hydrogen) atoms. The van der Waals surface area contributed by atoms with E-state index in [2.05, 4.69) is 5.14 Å². The monoisotopic (exact) mass is 322 g/mol. The van der Waals surface area contributed by atoms with Crippen LogP contribution in [-0.4, -0.2) is 20.8 Å². The van der Waals surface area contributed by atoms with E-state index in [-0.39, 0.29) is 6.07 Å². The third-order valence-corrected chi connectivity index (χ3v) is 3.30. The van der Waals surface area contributed by atoms with E-state index in [4.69, 9.17) is 5.73 Å². The van der Waals surface area contributed by atoms with Gasteiger partial charge in [0.1, 0.15) is 4.90 Å². The molecule has 0 amide bonds. The highest BCUT2D eigenvalue weighted by molar-refractivity contribution is 7.89. The average Bonchev–Trinajstić information content (AvgIpc) is 2.14. The molecule has 1 aromatic carbocycles. The number of hydrogen-bond donors (Lipinski definition) is 2. The van der Waals surface area contributed by atoms with Crippen molar-refractivity contribution in [3.8, 4) is 0 Å². The molecular weight excluding hydrogens is 314 g/mol. The smallest absolute Gasteiger partial charge is 0.398 e. The minimum atomic E-state index is -5.63. The molecule has 4 N–H and O–H groups in total. The number of rotatable bonds is 2. The van der Waals surface area contributed by atoms with Crippen LogP contribution in [0.2, 0.25) is 0 Å². The van der Waals surface area contributed by atoms with E-state index in [1.165, 1.54) is 0 Å². The fraction of sp³-hybridized carbons (Fsp3) is 0.333. The van der Waals surface area contributed by atoms with Crippen LogP contribution >= 0.6 is 0 Å². The third-order valence-electron chi connectivity index (χ3n) is 2.33. The SMILES string of the molecule is Nc1ccc(C(C(F)(F)F)C(F)(F)F)cc1S(N)(=O)=O.